The van der Waals surface area contributed by atoms with Gasteiger partial charge in [-0.25, -0.2) is 15.0 Å². The fourth-order valence-electron chi connectivity index (χ4n) is 6.82. The SMILES string of the molecule is c1ccc2c(c1)ccc1cccc(-c3nc(-c4ccc5oc6ccccc6c5c4)nc(-c4cc5cccnc5c5ncccc45)n3)c12. The zero-order valence-corrected chi connectivity index (χ0v) is 24.9. The molecule has 0 fully saturated rings. The second kappa shape index (κ2) is 9.99. The summed E-state index contributed by atoms with van der Waals surface area (Å²) in [5.41, 5.74) is 6.03. The maximum Gasteiger partial charge on any atom is 0.164 e. The highest BCUT2D eigenvalue weighted by molar-refractivity contribution is 6.14. The molecule has 0 unspecified atom stereocenters. The molecule has 0 aliphatic carbocycles. The average molecular weight is 602 g/mol. The van der Waals surface area contributed by atoms with E-state index in [0.29, 0.717) is 17.5 Å². The summed E-state index contributed by atoms with van der Waals surface area (Å²) in [4.78, 5) is 25.0. The Morgan fingerprint density at radius 3 is 2.02 bits per heavy atom. The maximum absolute atomic E-state index is 6.14. The molecule has 6 aromatic carbocycles. The van der Waals surface area contributed by atoms with Crippen molar-refractivity contribution < 1.29 is 4.42 Å². The number of fused-ring (bicyclic) bond motifs is 9. The summed E-state index contributed by atoms with van der Waals surface area (Å²) in [7, 11) is 0. The smallest absolute Gasteiger partial charge is 0.164 e. The molecule has 0 saturated heterocycles. The summed E-state index contributed by atoms with van der Waals surface area (Å²) in [5, 5.41) is 8.53. The van der Waals surface area contributed by atoms with Crippen LogP contribution in [-0.2, 0) is 0 Å². The van der Waals surface area contributed by atoms with Crippen LogP contribution >= 0.6 is 0 Å². The molecule has 0 N–H and O–H groups in total. The number of aromatic nitrogens is 5. The van der Waals surface area contributed by atoms with Gasteiger partial charge in [-0.15, -0.1) is 0 Å². The molecule has 0 spiro atoms. The third kappa shape index (κ3) is 4.02. The van der Waals surface area contributed by atoms with Crippen LogP contribution in [0, 0.1) is 0 Å². The summed E-state index contributed by atoms with van der Waals surface area (Å²) >= 11 is 0. The van der Waals surface area contributed by atoms with E-state index in [1.54, 1.807) is 12.4 Å². The molecule has 0 atom stereocenters. The number of nitrogens with zero attached hydrogens (tertiary/aromatic N) is 5. The summed E-state index contributed by atoms with van der Waals surface area (Å²) in [5.74, 6) is 1.76. The predicted molar refractivity (Wildman–Crippen MR) is 189 cm³/mol. The average Bonchev–Trinajstić information content (AvgIpc) is 3.52. The first-order valence-corrected chi connectivity index (χ1v) is 15.5. The van der Waals surface area contributed by atoms with Gasteiger partial charge in [-0.05, 0) is 58.6 Å². The lowest BCUT2D eigenvalue weighted by atomic mass is 9.97. The van der Waals surface area contributed by atoms with Crippen LogP contribution in [0.3, 0.4) is 0 Å². The minimum absolute atomic E-state index is 0.572. The Balaban J connectivity index is 1.30. The van der Waals surface area contributed by atoms with E-state index >= 15 is 0 Å². The monoisotopic (exact) mass is 601 g/mol. The molecule has 47 heavy (non-hydrogen) atoms. The number of para-hydroxylation sites is 1. The Morgan fingerprint density at radius 1 is 0.404 bits per heavy atom. The fraction of sp³-hybridized carbons (Fsp3) is 0. The van der Waals surface area contributed by atoms with Crippen molar-refractivity contribution in [2.45, 2.75) is 0 Å². The Labute approximate surface area is 268 Å². The Kier molecular flexibility index (Phi) is 5.48. The minimum Gasteiger partial charge on any atom is -0.456 e. The van der Waals surface area contributed by atoms with Gasteiger partial charge in [-0.3, -0.25) is 9.97 Å². The number of rotatable bonds is 3. The predicted octanol–water partition coefficient (Wildman–Crippen LogP) is 10.2. The van der Waals surface area contributed by atoms with Gasteiger partial charge in [0, 0.05) is 56.0 Å². The van der Waals surface area contributed by atoms with E-state index in [1.165, 1.54) is 5.39 Å². The zero-order chi connectivity index (χ0) is 30.9. The van der Waals surface area contributed by atoms with Gasteiger partial charge >= 0.3 is 0 Å². The molecule has 6 heteroatoms. The molecule has 10 rings (SSSR count). The Hall–Kier alpha value is -6.53. The van der Waals surface area contributed by atoms with Crippen molar-refractivity contribution in [2.75, 3.05) is 0 Å². The molecule has 0 saturated carbocycles. The van der Waals surface area contributed by atoms with Crippen molar-refractivity contribution in [2.24, 2.45) is 0 Å². The quantitative estimate of drug-likeness (QED) is 0.188. The molecule has 10 aromatic rings. The lowest BCUT2D eigenvalue weighted by Crippen LogP contribution is -2.01. The van der Waals surface area contributed by atoms with Crippen molar-refractivity contribution in [1.29, 1.82) is 0 Å². The number of hydrogen-bond donors (Lipinski definition) is 0. The summed E-state index contributed by atoms with van der Waals surface area (Å²) in [6.45, 7) is 0. The van der Waals surface area contributed by atoms with Gasteiger partial charge in [-0.2, -0.15) is 0 Å². The van der Waals surface area contributed by atoms with Crippen molar-refractivity contribution in [3.8, 4) is 34.2 Å². The number of hydrogen-bond acceptors (Lipinski definition) is 6. The van der Waals surface area contributed by atoms with E-state index in [1.807, 2.05) is 42.5 Å². The van der Waals surface area contributed by atoms with E-state index in [2.05, 4.69) is 89.9 Å². The van der Waals surface area contributed by atoms with Gasteiger partial charge < -0.3 is 4.42 Å². The number of pyridine rings is 2. The van der Waals surface area contributed by atoms with Gasteiger partial charge in [0.15, 0.2) is 17.5 Å². The molecule has 6 nitrogen and oxygen atoms in total. The number of benzene rings is 6. The topological polar surface area (TPSA) is 77.6 Å². The highest BCUT2D eigenvalue weighted by Gasteiger charge is 2.19. The van der Waals surface area contributed by atoms with E-state index in [4.69, 9.17) is 24.4 Å². The molecule has 4 aromatic heterocycles. The van der Waals surface area contributed by atoms with Gasteiger partial charge in [0.2, 0.25) is 0 Å². The molecule has 0 amide bonds. The molecule has 0 aliphatic heterocycles. The van der Waals surface area contributed by atoms with Crippen LogP contribution in [0.1, 0.15) is 0 Å². The third-order valence-electron chi connectivity index (χ3n) is 8.98. The first-order valence-electron chi connectivity index (χ1n) is 15.5. The maximum atomic E-state index is 6.14. The first kappa shape index (κ1) is 25.8. The highest BCUT2D eigenvalue weighted by Crippen LogP contribution is 2.38. The van der Waals surface area contributed by atoms with E-state index in [0.717, 1.165) is 76.6 Å². The second-order valence-corrected chi connectivity index (χ2v) is 11.7. The second-order valence-electron chi connectivity index (χ2n) is 11.7. The fourth-order valence-corrected chi connectivity index (χ4v) is 6.82. The first-order chi connectivity index (χ1) is 23.3. The van der Waals surface area contributed by atoms with Crippen molar-refractivity contribution in [1.82, 2.24) is 24.9 Å². The summed E-state index contributed by atoms with van der Waals surface area (Å²) in [6, 6.07) is 43.4. The van der Waals surface area contributed by atoms with Gasteiger partial charge in [0.25, 0.3) is 0 Å². The molecule has 4 heterocycles. The third-order valence-corrected chi connectivity index (χ3v) is 8.98. The standard InChI is InChI=1S/C41H23N5O/c1-2-11-28-24(8-1)16-17-25-9-5-13-31(36(25)28)40-44-39(27-18-19-35-32(23-27)29-12-3-4-15-34(29)47-35)45-41(46-40)33-22-26-10-6-20-42-37(26)38-30(33)14-7-21-43-38/h1-23H. The zero-order valence-electron chi connectivity index (χ0n) is 24.9. The lowest BCUT2D eigenvalue weighted by molar-refractivity contribution is 0.669. The molecular weight excluding hydrogens is 578 g/mol. The van der Waals surface area contributed by atoms with E-state index in [-0.39, 0.29) is 0 Å². The Bertz CT molecular complexity index is 2850. The van der Waals surface area contributed by atoms with Crippen molar-refractivity contribution >= 4 is 65.3 Å². The lowest BCUT2D eigenvalue weighted by Gasteiger charge is -2.13. The van der Waals surface area contributed by atoms with E-state index in [9.17, 15) is 0 Å². The van der Waals surface area contributed by atoms with Crippen LogP contribution < -0.4 is 0 Å². The molecule has 218 valence electrons. The van der Waals surface area contributed by atoms with Crippen LogP contribution in [-0.4, -0.2) is 24.9 Å². The van der Waals surface area contributed by atoms with Gasteiger partial charge in [0.05, 0.1) is 11.0 Å². The van der Waals surface area contributed by atoms with Crippen LogP contribution in [0.15, 0.2) is 144 Å². The summed E-state index contributed by atoms with van der Waals surface area (Å²) < 4.78 is 6.14. The normalized spacial score (nSPS) is 11.8. The number of furan rings is 1. The Morgan fingerprint density at radius 2 is 1.09 bits per heavy atom. The summed E-state index contributed by atoms with van der Waals surface area (Å²) in [6.07, 6.45) is 3.60. The van der Waals surface area contributed by atoms with Crippen molar-refractivity contribution in [3.05, 3.63) is 140 Å². The van der Waals surface area contributed by atoms with Gasteiger partial charge in [0.1, 0.15) is 11.2 Å². The highest BCUT2D eigenvalue weighted by atomic mass is 16.3. The molecular formula is C41H23N5O. The van der Waals surface area contributed by atoms with Gasteiger partial charge in [-0.1, -0.05) is 84.9 Å². The largest absolute Gasteiger partial charge is 0.456 e. The van der Waals surface area contributed by atoms with Crippen molar-refractivity contribution in [3.63, 3.8) is 0 Å². The van der Waals surface area contributed by atoms with E-state index < -0.39 is 0 Å². The molecule has 0 radical (unpaired) electrons. The molecule has 0 aliphatic rings. The van der Waals surface area contributed by atoms with Crippen LogP contribution in [0.4, 0.5) is 0 Å². The van der Waals surface area contributed by atoms with Crippen LogP contribution in [0.5, 0.6) is 0 Å². The van der Waals surface area contributed by atoms with Crippen LogP contribution in [0.2, 0.25) is 0 Å². The minimum atomic E-state index is 0.572. The van der Waals surface area contributed by atoms with Crippen LogP contribution in [0.25, 0.3) is 99.5 Å². The molecule has 0 bridgehead atoms.